The Hall–Kier alpha value is -1.05. The van der Waals surface area contributed by atoms with Crippen molar-refractivity contribution in [2.24, 2.45) is 0 Å². The van der Waals surface area contributed by atoms with Gasteiger partial charge in [-0.15, -0.1) is 0 Å². The highest BCUT2D eigenvalue weighted by Gasteiger charge is 2.24. The minimum atomic E-state index is -0.556. The van der Waals surface area contributed by atoms with Crippen molar-refractivity contribution in [3.63, 3.8) is 0 Å². The third-order valence-electron chi connectivity index (χ3n) is 2.91. The zero-order chi connectivity index (χ0) is 13.8. The monoisotopic (exact) mass is 331 g/mol. The molecule has 19 heavy (non-hydrogen) atoms. The summed E-state index contributed by atoms with van der Waals surface area (Å²) < 4.78 is 18.6. The Labute approximate surface area is 119 Å². The van der Waals surface area contributed by atoms with Crippen LogP contribution in [0.3, 0.4) is 0 Å². The lowest BCUT2D eigenvalue weighted by atomic mass is 10.2. The SMILES string of the molecule is CN1CCOC(C(=O)NCc2ccc(F)nc2Br)C1. The second-order valence-electron chi connectivity index (χ2n) is 4.42. The summed E-state index contributed by atoms with van der Waals surface area (Å²) in [6.07, 6.45) is -0.453. The first-order valence-corrected chi connectivity index (χ1v) is 6.74. The minimum Gasteiger partial charge on any atom is -0.366 e. The average Bonchev–Trinajstić information content (AvgIpc) is 2.37. The molecule has 1 atom stereocenters. The van der Waals surface area contributed by atoms with Crippen LogP contribution in [0.25, 0.3) is 0 Å². The molecule has 1 aromatic rings. The summed E-state index contributed by atoms with van der Waals surface area (Å²) in [7, 11) is 1.95. The molecule has 1 aliphatic rings. The van der Waals surface area contributed by atoms with Gasteiger partial charge in [0.05, 0.1) is 6.61 Å². The molecule has 0 aromatic carbocycles. The number of aromatic nitrogens is 1. The second kappa shape index (κ2) is 6.40. The molecular weight excluding hydrogens is 317 g/mol. The summed E-state index contributed by atoms with van der Waals surface area (Å²) >= 11 is 3.16. The number of morpholine rings is 1. The first kappa shape index (κ1) is 14.4. The van der Waals surface area contributed by atoms with E-state index < -0.39 is 12.1 Å². The Bertz CT molecular complexity index is 472. The van der Waals surface area contributed by atoms with Gasteiger partial charge in [-0.05, 0) is 29.0 Å². The lowest BCUT2D eigenvalue weighted by Gasteiger charge is -2.29. The second-order valence-corrected chi connectivity index (χ2v) is 5.17. The van der Waals surface area contributed by atoms with Gasteiger partial charge in [-0.1, -0.05) is 6.07 Å². The summed E-state index contributed by atoms with van der Waals surface area (Å²) in [6.45, 7) is 2.25. The Morgan fingerprint density at radius 2 is 2.47 bits per heavy atom. The highest BCUT2D eigenvalue weighted by Crippen LogP contribution is 2.14. The molecule has 0 saturated carbocycles. The molecule has 2 heterocycles. The number of carbonyl (C=O) groups is 1. The molecule has 1 aromatic heterocycles. The van der Waals surface area contributed by atoms with Crippen LogP contribution in [0.4, 0.5) is 4.39 Å². The van der Waals surface area contributed by atoms with Gasteiger partial charge in [-0.25, -0.2) is 4.98 Å². The summed E-state index contributed by atoms with van der Waals surface area (Å²) in [5.74, 6) is -0.720. The Balaban J connectivity index is 1.89. The summed E-state index contributed by atoms with van der Waals surface area (Å²) in [4.78, 5) is 17.6. The fourth-order valence-electron chi connectivity index (χ4n) is 1.81. The number of pyridine rings is 1. The molecule has 0 bridgehead atoms. The van der Waals surface area contributed by atoms with Gasteiger partial charge in [-0.2, -0.15) is 4.39 Å². The summed E-state index contributed by atoms with van der Waals surface area (Å²) in [5.41, 5.74) is 0.721. The highest BCUT2D eigenvalue weighted by molar-refractivity contribution is 9.10. The highest BCUT2D eigenvalue weighted by atomic mass is 79.9. The normalized spacial score (nSPS) is 20.3. The van der Waals surface area contributed by atoms with E-state index in [1.54, 1.807) is 6.07 Å². The van der Waals surface area contributed by atoms with Crippen LogP contribution in [0.15, 0.2) is 16.7 Å². The van der Waals surface area contributed by atoms with E-state index in [1.165, 1.54) is 6.07 Å². The van der Waals surface area contributed by atoms with Crippen molar-refractivity contribution in [1.29, 1.82) is 0 Å². The number of amides is 1. The third-order valence-corrected chi connectivity index (χ3v) is 3.59. The molecule has 1 N–H and O–H groups in total. The molecule has 1 aliphatic heterocycles. The van der Waals surface area contributed by atoms with Crippen LogP contribution in [0, 0.1) is 5.95 Å². The molecule has 2 rings (SSSR count). The van der Waals surface area contributed by atoms with Gasteiger partial charge < -0.3 is 15.0 Å². The largest absolute Gasteiger partial charge is 0.366 e. The average molecular weight is 332 g/mol. The predicted octanol–water partition coefficient (Wildman–Crippen LogP) is 0.930. The van der Waals surface area contributed by atoms with Crippen molar-refractivity contribution in [3.8, 4) is 0 Å². The molecule has 1 fully saturated rings. The molecule has 1 saturated heterocycles. The van der Waals surface area contributed by atoms with Crippen LogP contribution < -0.4 is 5.32 Å². The molecule has 5 nitrogen and oxygen atoms in total. The lowest BCUT2D eigenvalue weighted by molar-refractivity contribution is -0.138. The minimum absolute atomic E-state index is 0.164. The number of halogens is 2. The third kappa shape index (κ3) is 3.95. The van der Waals surface area contributed by atoms with Crippen LogP contribution >= 0.6 is 15.9 Å². The van der Waals surface area contributed by atoms with Crippen LogP contribution in [0.5, 0.6) is 0 Å². The smallest absolute Gasteiger partial charge is 0.250 e. The van der Waals surface area contributed by atoms with Crippen LogP contribution in [-0.2, 0) is 16.1 Å². The van der Waals surface area contributed by atoms with Crippen molar-refractivity contribution in [3.05, 3.63) is 28.2 Å². The Morgan fingerprint density at radius 1 is 1.68 bits per heavy atom. The molecule has 7 heteroatoms. The Morgan fingerprint density at radius 3 is 3.16 bits per heavy atom. The number of likely N-dealkylation sites (N-methyl/N-ethyl adjacent to an activating group) is 1. The van der Waals surface area contributed by atoms with Crippen molar-refractivity contribution in [2.75, 3.05) is 26.7 Å². The van der Waals surface area contributed by atoms with Gasteiger partial charge in [0.2, 0.25) is 5.95 Å². The van der Waals surface area contributed by atoms with Gasteiger partial charge >= 0.3 is 0 Å². The van der Waals surface area contributed by atoms with Crippen molar-refractivity contribution < 1.29 is 13.9 Å². The predicted molar refractivity (Wildman–Crippen MR) is 71.0 cm³/mol. The molecule has 0 radical (unpaired) electrons. The number of carbonyl (C=O) groups excluding carboxylic acids is 1. The van der Waals surface area contributed by atoms with E-state index in [2.05, 4.69) is 26.2 Å². The van der Waals surface area contributed by atoms with E-state index in [1.807, 2.05) is 11.9 Å². The van der Waals surface area contributed by atoms with E-state index >= 15 is 0 Å². The molecule has 0 aliphatic carbocycles. The van der Waals surface area contributed by atoms with Crippen LogP contribution in [0.1, 0.15) is 5.56 Å². The Kier molecular flexibility index (Phi) is 4.84. The van der Waals surface area contributed by atoms with Gasteiger partial charge in [0, 0.05) is 25.2 Å². The van der Waals surface area contributed by atoms with Crippen LogP contribution in [0.2, 0.25) is 0 Å². The van der Waals surface area contributed by atoms with Gasteiger partial charge in [0.25, 0.3) is 5.91 Å². The van der Waals surface area contributed by atoms with Crippen molar-refractivity contribution >= 4 is 21.8 Å². The number of hydrogen-bond donors (Lipinski definition) is 1. The maximum atomic E-state index is 12.8. The zero-order valence-corrected chi connectivity index (χ0v) is 12.1. The number of nitrogens with zero attached hydrogens (tertiary/aromatic N) is 2. The van der Waals surface area contributed by atoms with Crippen LogP contribution in [-0.4, -0.2) is 48.6 Å². The van der Waals surface area contributed by atoms with Crippen molar-refractivity contribution in [1.82, 2.24) is 15.2 Å². The lowest BCUT2D eigenvalue weighted by Crippen LogP contribution is -2.48. The first-order valence-electron chi connectivity index (χ1n) is 5.95. The maximum Gasteiger partial charge on any atom is 0.250 e. The fraction of sp³-hybridized carbons (Fsp3) is 0.500. The molecule has 0 spiro atoms. The zero-order valence-electron chi connectivity index (χ0n) is 10.5. The topological polar surface area (TPSA) is 54.5 Å². The molecule has 1 unspecified atom stereocenters. The quantitative estimate of drug-likeness (QED) is 0.837. The summed E-state index contributed by atoms with van der Waals surface area (Å²) in [6, 6.07) is 2.84. The van der Waals surface area contributed by atoms with E-state index in [4.69, 9.17) is 4.74 Å². The standard InChI is InChI=1S/C12H15BrFN3O2/c1-17-4-5-19-9(7-17)12(18)15-6-8-2-3-10(14)16-11(8)13/h2-3,9H,4-7H2,1H3,(H,15,18). The number of hydrogen-bond acceptors (Lipinski definition) is 4. The maximum absolute atomic E-state index is 12.8. The van der Waals surface area contributed by atoms with Crippen molar-refractivity contribution in [2.45, 2.75) is 12.6 Å². The molecule has 104 valence electrons. The van der Waals surface area contributed by atoms with Gasteiger partial charge in [-0.3, -0.25) is 4.79 Å². The first-order chi connectivity index (χ1) is 9.06. The number of nitrogens with one attached hydrogen (secondary N) is 1. The number of rotatable bonds is 3. The van der Waals surface area contributed by atoms with E-state index in [-0.39, 0.29) is 12.5 Å². The van der Waals surface area contributed by atoms with Gasteiger partial charge in [0.15, 0.2) is 0 Å². The van der Waals surface area contributed by atoms with E-state index in [0.29, 0.717) is 17.8 Å². The van der Waals surface area contributed by atoms with E-state index in [9.17, 15) is 9.18 Å². The van der Waals surface area contributed by atoms with Gasteiger partial charge in [0.1, 0.15) is 10.7 Å². The fourth-order valence-corrected chi connectivity index (χ4v) is 2.25. The summed E-state index contributed by atoms with van der Waals surface area (Å²) in [5, 5.41) is 2.77. The molecule has 1 amide bonds. The molecular formula is C12H15BrFN3O2. The van der Waals surface area contributed by atoms with E-state index in [0.717, 1.165) is 12.1 Å². The number of ether oxygens (including phenoxy) is 1.